The summed E-state index contributed by atoms with van der Waals surface area (Å²) in [6, 6.07) is 0. The third-order valence-electron chi connectivity index (χ3n) is 12.8. The van der Waals surface area contributed by atoms with E-state index < -0.39 is 0 Å². The molecule has 0 radical (unpaired) electrons. The summed E-state index contributed by atoms with van der Waals surface area (Å²) in [4.78, 5) is 11.8. The van der Waals surface area contributed by atoms with Crippen molar-refractivity contribution in [2.45, 2.75) is 112 Å². The Morgan fingerprint density at radius 3 is 2.38 bits per heavy atom. The largest absolute Gasteiger partial charge is 0.465 e. The number of rotatable bonds is 3. The van der Waals surface area contributed by atoms with E-state index in [9.17, 15) is 4.79 Å². The third-order valence-corrected chi connectivity index (χ3v) is 12.8. The van der Waals surface area contributed by atoms with Gasteiger partial charge >= 0.3 is 5.97 Å². The average Bonchev–Trinajstić information content (AvgIpc) is 3.13. The highest BCUT2D eigenvalue weighted by Gasteiger charge is 2.69. The fraction of sp³-hybridized carbons (Fsp3) is 0.900. The SMILES string of the molecule is C=C(C)[C@@H]1CCC2(COC(C)=O)CC[C@]3(C)C(CCC4C5(C)CCCCC5CCC43C)C12. The number of esters is 1. The van der Waals surface area contributed by atoms with Crippen LogP contribution in [-0.2, 0) is 9.53 Å². The third kappa shape index (κ3) is 2.99. The maximum atomic E-state index is 11.8. The second-order valence-corrected chi connectivity index (χ2v) is 13.7. The molecule has 0 aromatic rings. The van der Waals surface area contributed by atoms with Gasteiger partial charge in [-0.25, -0.2) is 0 Å². The lowest BCUT2D eigenvalue weighted by Crippen LogP contribution is -2.64. The van der Waals surface area contributed by atoms with Crippen LogP contribution in [0.25, 0.3) is 0 Å². The van der Waals surface area contributed by atoms with Crippen molar-refractivity contribution in [3.05, 3.63) is 12.2 Å². The molecule has 5 saturated carbocycles. The molecular formula is C30H48O2. The zero-order valence-electron chi connectivity index (χ0n) is 21.6. The minimum Gasteiger partial charge on any atom is -0.465 e. The van der Waals surface area contributed by atoms with E-state index in [-0.39, 0.29) is 11.4 Å². The summed E-state index contributed by atoms with van der Waals surface area (Å²) in [6.07, 6.45) is 16.6. The van der Waals surface area contributed by atoms with Crippen molar-refractivity contribution in [1.29, 1.82) is 0 Å². The van der Waals surface area contributed by atoms with Crippen molar-refractivity contribution in [3.63, 3.8) is 0 Å². The topological polar surface area (TPSA) is 26.3 Å². The van der Waals surface area contributed by atoms with Gasteiger partial charge in [0, 0.05) is 12.3 Å². The summed E-state index contributed by atoms with van der Waals surface area (Å²) in [6.45, 7) is 17.1. The first-order valence-electron chi connectivity index (χ1n) is 13.9. The standard InChI is InChI=1S/C30H48O2/c1-20(2)23-13-16-30(19-32-21(3)31)18-17-28(5)24(26(23)30)10-11-25-27(4)14-8-7-9-22(27)12-15-29(25,28)6/h22-26H,1,7-19H2,2-6H3/t22?,23-,24?,25?,26?,27?,28+,29?,30?/m0/s1. The fourth-order valence-corrected chi connectivity index (χ4v) is 11.0. The Morgan fingerprint density at radius 2 is 1.66 bits per heavy atom. The van der Waals surface area contributed by atoms with Crippen molar-refractivity contribution in [2.24, 2.45) is 51.2 Å². The molecule has 0 spiro atoms. The zero-order chi connectivity index (χ0) is 22.9. The Balaban J connectivity index is 1.52. The maximum Gasteiger partial charge on any atom is 0.302 e. The molecule has 0 aliphatic heterocycles. The number of hydrogen-bond donors (Lipinski definition) is 0. The number of fused-ring (bicyclic) bond motifs is 7. The van der Waals surface area contributed by atoms with E-state index in [1.807, 2.05) is 0 Å². The molecule has 0 aromatic carbocycles. The molecule has 5 fully saturated rings. The van der Waals surface area contributed by atoms with Crippen LogP contribution < -0.4 is 0 Å². The van der Waals surface area contributed by atoms with Gasteiger partial charge < -0.3 is 4.74 Å². The van der Waals surface area contributed by atoms with Crippen LogP contribution in [0.2, 0.25) is 0 Å². The predicted octanol–water partition coefficient (Wildman–Crippen LogP) is 7.96. The number of carbonyl (C=O) groups excluding carboxylic acids is 1. The molecule has 2 nitrogen and oxygen atoms in total. The lowest BCUT2D eigenvalue weighted by molar-refractivity contribution is -0.227. The first kappa shape index (κ1) is 23.0. The summed E-state index contributed by atoms with van der Waals surface area (Å²) in [5.41, 5.74) is 2.99. The van der Waals surface area contributed by atoms with E-state index in [4.69, 9.17) is 4.74 Å². The van der Waals surface area contributed by atoms with Crippen LogP contribution in [-0.4, -0.2) is 12.6 Å². The molecule has 180 valence electrons. The quantitative estimate of drug-likeness (QED) is 0.328. The molecule has 9 atom stereocenters. The van der Waals surface area contributed by atoms with Gasteiger partial charge in [-0.2, -0.15) is 0 Å². The van der Waals surface area contributed by atoms with Crippen LogP contribution >= 0.6 is 0 Å². The van der Waals surface area contributed by atoms with Crippen LogP contribution in [0, 0.1) is 51.2 Å². The van der Waals surface area contributed by atoms with Gasteiger partial charge in [-0.3, -0.25) is 4.79 Å². The minimum absolute atomic E-state index is 0.107. The van der Waals surface area contributed by atoms with E-state index in [2.05, 4.69) is 34.3 Å². The van der Waals surface area contributed by atoms with Crippen molar-refractivity contribution >= 4 is 5.97 Å². The van der Waals surface area contributed by atoms with Gasteiger partial charge in [-0.05, 0) is 117 Å². The summed E-state index contributed by atoms with van der Waals surface area (Å²) < 4.78 is 5.78. The maximum absolute atomic E-state index is 11.8. The van der Waals surface area contributed by atoms with Crippen molar-refractivity contribution in [1.82, 2.24) is 0 Å². The van der Waals surface area contributed by atoms with Gasteiger partial charge in [0.15, 0.2) is 0 Å². The smallest absolute Gasteiger partial charge is 0.302 e. The summed E-state index contributed by atoms with van der Waals surface area (Å²) in [5, 5.41) is 0. The van der Waals surface area contributed by atoms with Crippen LogP contribution in [0.15, 0.2) is 12.2 Å². The molecule has 0 amide bonds. The summed E-state index contributed by atoms with van der Waals surface area (Å²) >= 11 is 0. The molecule has 0 aromatic heterocycles. The van der Waals surface area contributed by atoms with Crippen molar-refractivity contribution < 1.29 is 9.53 Å². The average molecular weight is 441 g/mol. The van der Waals surface area contributed by atoms with Gasteiger partial charge in [-0.15, -0.1) is 0 Å². The minimum atomic E-state index is -0.107. The molecule has 0 N–H and O–H groups in total. The number of carbonyl (C=O) groups is 1. The lowest BCUT2D eigenvalue weighted by Gasteiger charge is -2.71. The normalized spacial score (nSPS) is 52.2. The van der Waals surface area contributed by atoms with Crippen molar-refractivity contribution in [2.75, 3.05) is 6.61 Å². The van der Waals surface area contributed by atoms with E-state index in [1.165, 1.54) is 82.6 Å². The number of allylic oxidation sites excluding steroid dienone is 1. The Labute approximate surface area is 197 Å². The van der Waals surface area contributed by atoms with Crippen LogP contribution in [0.1, 0.15) is 112 Å². The van der Waals surface area contributed by atoms with E-state index >= 15 is 0 Å². The second kappa shape index (κ2) is 7.61. The van der Waals surface area contributed by atoms with E-state index in [1.54, 1.807) is 6.92 Å². The molecule has 32 heavy (non-hydrogen) atoms. The predicted molar refractivity (Wildman–Crippen MR) is 131 cm³/mol. The Kier molecular flexibility index (Phi) is 5.46. The second-order valence-electron chi connectivity index (χ2n) is 13.7. The van der Waals surface area contributed by atoms with E-state index in [0.717, 1.165) is 17.8 Å². The fourth-order valence-electron chi connectivity index (χ4n) is 11.0. The van der Waals surface area contributed by atoms with Crippen LogP contribution in [0.3, 0.4) is 0 Å². The van der Waals surface area contributed by atoms with Gasteiger partial charge in [0.05, 0.1) is 6.61 Å². The first-order chi connectivity index (χ1) is 15.1. The highest BCUT2D eigenvalue weighted by molar-refractivity contribution is 5.65. The van der Waals surface area contributed by atoms with Crippen LogP contribution in [0.5, 0.6) is 0 Å². The van der Waals surface area contributed by atoms with Crippen molar-refractivity contribution in [3.8, 4) is 0 Å². The van der Waals surface area contributed by atoms with Gasteiger partial charge in [-0.1, -0.05) is 45.8 Å². The molecule has 5 rings (SSSR count). The Bertz CT molecular complexity index is 786. The Morgan fingerprint density at radius 1 is 0.875 bits per heavy atom. The molecule has 5 aliphatic carbocycles. The lowest BCUT2D eigenvalue weighted by atomic mass is 9.33. The molecule has 5 aliphatic rings. The monoisotopic (exact) mass is 440 g/mol. The molecule has 0 bridgehead atoms. The van der Waals surface area contributed by atoms with Gasteiger partial charge in [0.2, 0.25) is 0 Å². The van der Waals surface area contributed by atoms with Crippen LogP contribution in [0.4, 0.5) is 0 Å². The zero-order valence-corrected chi connectivity index (χ0v) is 21.6. The molecule has 2 heteroatoms. The highest BCUT2D eigenvalue weighted by atomic mass is 16.5. The molecule has 7 unspecified atom stereocenters. The highest BCUT2D eigenvalue weighted by Crippen LogP contribution is 2.76. The summed E-state index contributed by atoms with van der Waals surface area (Å²) in [5.74, 6) is 3.76. The van der Waals surface area contributed by atoms with Gasteiger partial charge in [0.25, 0.3) is 0 Å². The molecular weight excluding hydrogens is 392 g/mol. The molecule has 0 saturated heterocycles. The first-order valence-corrected chi connectivity index (χ1v) is 13.9. The number of ether oxygens (including phenoxy) is 1. The molecule has 0 heterocycles. The Hall–Kier alpha value is -0.790. The number of hydrogen-bond acceptors (Lipinski definition) is 2. The summed E-state index contributed by atoms with van der Waals surface area (Å²) in [7, 11) is 0. The van der Waals surface area contributed by atoms with E-state index in [0.29, 0.717) is 34.7 Å². The van der Waals surface area contributed by atoms with Gasteiger partial charge in [0.1, 0.15) is 0 Å².